The SMILES string of the molecule is CC(=O)Nc1ccc(-c2c(C#N)c(N)nc(SCCO)c2C#N)cc1. The Hall–Kier alpha value is -3.07. The Morgan fingerprint density at radius 3 is 2.44 bits per heavy atom. The van der Waals surface area contributed by atoms with Crippen molar-refractivity contribution < 1.29 is 9.90 Å². The van der Waals surface area contributed by atoms with Crippen LogP contribution in [-0.4, -0.2) is 28.4 Å². The number of aliphatic hydroxyl groups excluding tert-OH is 1. The molecular weight excluding hydrogens is 338 g/mol. The number of nitriles is 2. The van der Waals surface area contributed by atoms with Crippen molar-refractivity contribution in [2.75, 3.05) is 23.4 Å². The molecule has 0 saturated carbocycles. The van der Waals surface area contributed by atoms with E-state index in [1.807, 2.05) is 6.07 Å². The molecule has 0 aliphatic rings. The number of aromatic nitrogens is 1. The summed E-state index contributed by atoms with van der Waals surface area (Å²) in [5.74, 6) is 0.190. The highest BCUT2D eigenvalue weighted by Gasteiger charge is 2.20. The van der Waals surface area contributed by atoms with Gasteiger partial charge in [0.05, 0.1) is 12.2 Å². The lowest BCUT2D eigenvalue weighted by Crippen LogP contribution is -2.06. The molecule has 0 aliphatic heterocycles. The van der Waals surface area contributed by atoms with Gasteiger partial charge >= 0.3 is 0 Å². The molecule has 0 bridgehead atoms. The normalized spacial score (nSPS) is 9.92. The first kappa shape index (κ1) is 18.3. The number of anilines is 2. The molecule has 0 radical (unpaired) electrons. The topological polar surface area (TPSA) is 136 Å². The Bertz CT molecular complexity index is 882. The number of nitrogens with one attached hydrogen (secondary N) is 1. The minimum Gasteiger partial charge on any atom is -0.396 e. The van der Waals surface area contributed by atoms with E-state index in [0.717, 1.165) is 0 Å². The van der Waals surface area contributed by atoms with E-state index in [-0.39, 0.29) is 29.5 Å². The van der Waals surface area contributed by atoms with E-state index < -0.39 is 0 Å². The number of pyridine rings is 1. The van der Waals surface area contributed by atoms with Crippen molar-refractivity contribution in [3.05, 3.63) is 35.4 Å². The van der Waals surface area contributed by atoms with Gasteiger partial charge in [-0.05, 0) is 17.7 Å². The molecule has 1 heterocycles. The van der Waals surface area contributed by atoms with Gasteiger partial charge < -0.3 is 16.2 Å². The predicted molar refractivity (Wildman–Crippen MR) is 95.6 cm³/mol. The summed E-state index contributed by atoms with van der Waals surface area (Å²) in [7, 11) is 0. The van der Waals surface area contributed by atoms with Gasteiger partial charge in [0.1, 0.15) is 28.5 Å². The van der Waals surface area contributed by atoms with E-state index in [4.69, 9.17) is 10.8 Å². The second-order valence-electron chi connectivity index (χ2n) is 4.98. The molecule has 2 aromatic rings. The number of carbonyl (C=O) groups is 1. The fourth-order valence-corrected chi connectivity index (χ4v) is 3.00. The van der Waals surface area contributed by atoms with Crippen LogP contribution < -0.4 is 11.1 Å². The van der Waals surface area contributed by atoms with Crippen LogP contribution in [0.3, 0.4) is 0 Å². The van der Waals surface area contributed by atoms with Crippen molar-refractivity contribution in [3.63, 3.8) is 0 Å². The molecule has 2 rings (SSSR count). The zero-order valence-corrected chi connectivity index (χ0v) is 14.2. The quantitative estimate of drug-likeness (QED) is 0.700. The van der Waals surface area contributed by atoms with Gasteiger partial charge in [-0.25, -0.2) is 4.98 Å². The lowest BCUT2D eigenvalue weighted by molar-refractivity contribution is -0.114. The molecule has 0 atom stereocenters. The summed E-state index contributed by atoms with van der Waals surface area (Å²) in [6, 6.07) is 10.8. The van der Waals surface area contributed by atoms with Gasteiger partial charge in [0.2, 0.25) is 5.91 Å². The van der Waals surface area contributed by atoms with Gasteiger partial charge in [0.25, 0.3) is 0 Å². The van der Waals surface area contributed by atoms with E-state index in [1.165, 1.54) is 18.7 Å². The van der Waals surface area contributed by atoms with Gasteiger partial charge in [0, 0.05) is 23.9 Å². The van der Waals surface area contributed by atoms with Gasteiger partial charge in [0.15, 0.2) is 0 Å². The van der Waals surface area contributed by atoms with Crippen LogP contribution in [0, 0.1) is 22.7 Å². The Morgan fingerprint density at radius 2 is 1.92 bits per heavy atom. The van der Waals surface area contributed by atoms with Crippen LogP contribution in [0.1, 0.15) is 18.1 Å². The van der Waals surface area contributed by atoms with Crippen molar-refractivity contribution in [2.45, 2.75) is 11.9 Å². The standard InChI is InChI=1S/C17H15N5O2S/c1-10(24)21-12-4-2-11(3-5-12)15-13(8-18)16(20)22-17(14(15)9-19)25-7-6-23/h2-5,23H,6-7H2,1H3,(H2,20,22)(H,21,24). The van der Waals surface area contributed by atoms with Gasteiger partial charge in [-0.3, -0.25) is 4.79 Å². The highest BCUT2D eigenvalue weighted by Crippen LogP contribution is 2.35. The molecule has 0 spiro atoms. The summed E-state index contributed by atoms with van der Waals surface area (Å²) in [6.07, 6.45) is 0. The van der Waals surface area contributed by atoms with E-state index in [1.54, 1.807) is 24.3 Å². The van der Waals surface area contributed by atoms with Crippen molar-refractivity contribution >= 4 is 29.2 Å². The van der Waals surface area contributed by atoms with E-state index in [0.29, 0.717) is 27.6 Å². The first-order valence-corrected chi connectivity index (χ1v) is 8.25. The lowest BCUT2D eigenvalue weighted by Gasteiger charge is -2.13. The second-order valence-corrected chi connectivity index (χ2v) is 6.07. The molecule has 25 heavy (non-hydrogen) atoms. The number of hydrogen-bond acceptors (Lipinski definition) is 7. The number of carbonyl (C=O) groups excluding carboxylic acids is 1. The van der Waals surface area contributed by atoms with Crippen LogP contribution >= 0.6 is 11.8 Å². The summed E-state index contributed by atoms with van der Waals surface area (Å²) < 4.78 is 0. The molecule has 0 fully saturated rings. The number of nitrogen functional groups attached to an aromatic ring is 1. The molecule has 4 N–H and O–H groups in total. The van der Waals surface area contributed by atoms with Gasteiger partial charge in [-0.1, -0.05) is 12.1 Å². The number of hydrogen-bond donors (Lipinski definition) is 3. The first-order chi connectivity index (χ1) is 12.0. The van der Waals surface area contributed by atoms with Gasteiger partial charge in [-0.2, -0.15) is 10.5 Å². The third-order valence-electron chi connectivity index (χ3n) is 3.24. The lowest BCUT2D eigenvalue weighted by atomic mass is 9.96. The molecule has 8 heteroatoms. The molecule has 7 nitrogen and oxygen atoms in total. The maximum absolute atomic E-state index is 11.1. The third kappa shape index (κ3) is 4.07. The Morgan fingerprint density at radius 1 is 1.28 bits per heavy atom. The number of rotatable bonds is 5. The van der Waals surface area contributed by atoms with E-state index in [9.17, 15) is 15.3 Å². The second kappa shape index (κ2) is 8.15. The average molecular weight is 353 g/mol. The monoisotopic (exact) mass is 353 g/mol. The zero-order chi connectivity index (χ0) is 18.4. The van der Waals surface area contributed by atoms with Crippen LogP contribution in [-0.2, 0) is 4.79 Å². The molecule has 0 aliphatic carbocycles. The number of aliphatic hydroxyl groups is 1. The van der Waals surface area contributed by atoms with E-state index >= 15 is 0 Å². The first-order valence-electron chi connectivity index (χ1n) is 7.27. The van der Waals surface area contributed by atoms with Crippen molar-refractivity contribution in [3.8, 4) is 23.3 Å². The summed E-state index contributed by atoms with van der Waals surface area (Å²) in [6.45, 7) is 1.33. The maximum atomic E-state index is 11.1. The van der Waals surface area contributed by atoms with Crippen LogP contribution in [0.4, 0.5) is 11.5 Å². The van der Waals surface area contributed by atoms with E-state index in [2.05, 4.69) is 16.4 Å². The Balaban J connectivity index is 2.62. The van der Waals surface area contributed by atoms with Crippen molar-refractivity contribution in [1.29, 1.82) is 10.5 Å². The summed E-state index contributed by atoms with van der Waals surface area (Å²) >= 11 is 1.20. The number of amides is 1. The molecular formula is C17H15N5O2S. The van der Waals surface area contributed by atoms with Crippen LogP contribution in [0.25, 0.3) is 11.1 Å². The zero-order valence-electron chi connectivity index (χ0n) is 13.4. The maximum Gasteiger partial charge on any atom is 0.221 e. The number of nitrogens with two attached hydrogens (primary N) is 1. The molecule has 1 amide bonds. The molecule has 0 unspecified atom stereocenters. The van der Waals surface area contributed by atoms with Gasteiger partial charge in [-0.15, -0.1) is 11.8 Å². The fourth-order valence-electron chi connectivity index (χ4n) is 2.26. The molecule has 1 aromatic heterocycles. The fraction of sp³-hybridized carbons (Fsp3) is 0.176. The summed E-state index contributed by atoms with van der Waals surface area (Å²) in [4.78, 5) is 15.2. The van der Waals surface area contributed by atoms with Crippen molar-refractivity contribution in [2.24, 2.45) is 0 Å². The highest BCUT2D eigenvalue weighted by molar-refractivity contribution is 7.99. The largest absolute Gasteiger partial charge is 0.396 e. The average Bonchev–Trinajstić information content (AvgIpc) is 2.59. The van der Waals surface area contributed by atoms with Crippen LogP contribution in [0.15, 0.2) is 29.3 Å². The van der Waals surface area contributed by atoms with Crippen LogP contribution in [0.2, 0.25) is 0 Å². The number of thioether (sulfide) groups is 1. The number of nitrogens with zero attached hydrogens (tertiary/aromatic N) is 3. The highest BCUT2D eigenvalue weighted by atomic mass is 32.2. The predicted octanol–water partition coefficient (Wildman–Crippen LogP) is 2.12. The van der Waals surface area contributed by atoms with Crippen molar-refractivity contribution in [1.82, 2.24) is 4.98 Å². The number of benzene rings is 1. The minimum absolute atomic E-state index is 0.0304. The molecule has 126 valence electrons. The summed E-state index contributed by atoms with van der Waals surface area (Å²) in [5.41, 5.74) is 7.85. The molecule has 1 aromatic carbocycles. The molecule has 0 saturated heterocycles. The Labute approximate surface area is 149 Å². The smallest absolute Gasteiger partial charge is 0.221 e. The Kier molecular flexibility index (Phi) is 5.96. The van der Waals surface area contributed by atoms with Crippen LogP contribution in [0.5, 0.6) is 0 Å². The minimum atomic E-state index is -0.195. The summed E-state index contributed by atoms with van der Waals surface area (Å²) in [5, 5.41) is 31.0. The third-order valence-corrected chi connectivity index (χ3v) is 4.20.